The summed E-state index contributed by atoms with van der Waals surface area (Å²) in [5.41, 5.74) is 2.22. The second kappa shape index (κ2) is 7.98. The number of carbonyl (C=O) groups excluding carboxylic acids is 1. The first kappa shape index (κ1) is 19.0. The van der Waals surface area contributed by atoms with E-state index in [0.717, 1.165) is 24.2 Å². The number of benzene rings is 1. The first-order valence-corrected chi connectivity index (χ1v) is 9.54. The lowest BCUT2D eigenvalue weighted by Gasteiger charge is -2.31. The van der Waals surface area contributed by atoms with Crippen molar-refractivity contribution in [2.24, 2.45) is 7.05 Å². The number of aromatic nitrogens is 4. The van der Waals surface area contributed by atoms with Crippen LogP contribution in [0.5, 0.6) is 11.6 Å². The fourth-order valence-corrected chi connectivity index (χ4v) is 3.62. The molecule has 4 rings (SSSR count). The molecule has 150 valence electrons. The molecule has 0 radical (unpaired) electrons. The molecule has 8 heteroatoms. The van der Waals surface area contributed by atoms with Crippen molar-refractivity contribution in [3.05, 3.63) is 65.6 Å². The zero-order chi connectivity index (χ0) is 20.4. The molecule has 29 heavy (non-hydrogen) atoms. The van der Waals surface area contributed by atoms with Gasteiger partial charge in [-0.15, -0.1) is 0 Å². The molecule has 0 aliphatic carbocycles. The van der Waals surface area contributed by atoms with Gasteiger partial charge < -0.3 is 9.64 Å². The third-order valence-corrected chi connectivity index (χ3v) is 5.09. The first-order chi connectivity index (χ1) is 14.0. The Morgan fingerprint density at radius 2 is 2.03 bits per heavy atom. The number of hydrogen-bond acceptors (Lipinski definition) is 5. The van der Waals surface area contributed by atoms with E-state index in [9.17, 15) is 9.18 Å². The fourth-order valence-electron chi connectivity index (χ4n) is 3.62. The molecule has 1 fully saturated rings. The van der Waals surface area contributed by atoms with Gasteiger partial charge in [-0.25, -0.2) is 9.37 Å². The molecular formula is C21H22FN5O2. The van der Waals surface area contributed by atoms with E-state index in [0.29, 0.717) is 30.3 Å². The summed E-state index contributed by atoms with van der Waals surface area (Å²) in [4.78, 5) is 23.4. The lowest BCUT2D eigenvalue weighted by Crippen LogP contribution is -2.38. The summed E-state index contributed by atoms with van der Waals surface area (Å²) in [5.74, 6) is 0.551. The van der Waals surface area contributed by atoms with E-state index in [1.807, 2.05) is 18.9 Å². The Morgan fingerprint density at radius 1 is 1.24 bits per heavy atom. The summed E-state index contributed by atoms with van der Waals surface area (Å²) in [7, 11) is 1.81. The summed E-state index contributed by atoms with van der Waals surface area (Å²) in [6.45, 7) is 3.14. The molecule has 1 aliphatic rings. The minimum atomic E-state index is -0.368. The Labute approximate surface area is 168 Å². The van der Waals surface area contributed by atoms with E-state index in [1.54, 1.807) is 29.2 Å². The zero-order valence-electron chi connectivity index (χ0n) is 16.4. The Hall–Kier alpha value is -3.29. The van der Waals surface area contributed by atoms with E-state index in [-0.39, 0.29) is 17.6 Å². The van der Waals surface area contributed by atoms with Crippen LogP contribution in [-0.2, 0) is 7.05 Å². The van der Waals surface area contributed by atoms with Crippen LogP contribution in [0.2, 0.25) is 0 Å². The third-order valence-electron chi connectivity index (χ3n) is 5.09. The van der Waals surface area contributed by atoms with Gasteiger partial charge in [0.15, 0.2) is 0 Å². The van der Waals surface area contributed by atoms with E-state index in [2.05, 4.69) is 15.1 Å². The van der Waals surface area contributed by atoms with Gasteiger partial charge in [-0.05, 0) is 31.9 Å². The number of halogens is 1. The molecule has 0 atom stereocenters. The van der Waals surface area contributed by atoms with Crippen molar-refractivity contribution in [3.63, 3.8) is 0 Å². The van der Waals surface area contributed by atoms with Gasteiger partial charge >= 0.3 is 0 Å². The Bertz CT molecular complexity index is 1030. The monoisotopic (exact) mass is 395 g/mol. The van der Waals surface area contributed by atoms with Gasteiger partial charge in [-0.3, -0.25) is 14.5 Å². The van der Waals surface area contributed by atoms with Crippen LogP contribution in [0.4, 0.5) is 4.39 Å². The number of piperidine rings is 1. The average Bonchev–Trinajstić information content (AvgIpc) is 3.06. The van der Waals surface area contributed by atoms with E-state index >= 15 is 0 Å². The highest BCUT2D eigenvalue weighted by Crippen LogP contribution is 2.29. The predicted octanol–water partition coefficient (Wildman–Crippen LogP) is 3.47. The van der Waals surface area contributed by atoms with E-state index in [1.165, 1.54) is 18.3 Å². The molecule has 0 bridgehead atoms. The maximum atomic E-state index is 13.3. The van der Waals surface area contributed by atoms with Gasteiger partial charge in [0.1, 0.15) is 11.6 Å². The Morgan fingerprint density at radius 3 is 2.72 bits per heavy atom. The molecule has 2 aromatic heterocycles. The van der Waals surface area contributed by atoms with Crippen LogP contribution in [0.3, 0.4) is 0 Å². The number of amides is 1. The van der Waals surface area contributed by atoms with Crippen LogP contribution in [0.1, 0.15) is 40.5 Å². The highest BCUT2D eigenvalue weighted by Gasteiger charge is 2.27. The molecule has 0 N–H and O–H groups in total. The lowest BCUT2D eigenvalue weighted by molar-refractivity contribution is 0.0711. The van der Waals surface area contributed by atoms with Crippen LogP contribution in [0.15, 0.2) is 42.9 Å². The molecule has 3 aromatic rings. The normalized spacial score (nSPS) is 14.8. The topological polar surface area (TPSA) is 73.1 Å². The second-order valence-corrected chi connectivity index (χ2v) is 7.21. The Balaban J connectivity index is 1.41. The van der Waals surface area contributed by atoms with Gasteiger partial charge in [0.05, 0.1) is 23.1 Å². The van der Waals surface area contributed by atoms with Crippen molar-refractivity contribution in [2.75, 3.05) is 13.1 Å². The Kier molecular flexibility index (Phi) is 5.24. The summed E-state index contributed by atoms with van der Waals surface area (Å²) in [6, 6.07) is 5.91. The van der Waals surface area contributed by atoms with Crippen LogP contribution in [-0.4, -0.2) is 43.6 Å². The highest BCUT2D eigenvalue weighted by molar-refractivity contribution is 5.95. The second-order valence-electron chi connectivity index (χ2n) is 7.21. The molecule has 0 saturated carbocycles. The number of likely N-dealkylation sites (tertiary alicyclic amines) is 1. The third kappa shape index (κ3) is 4.26. The van der Waals surface area contributed by atoms with E-state index in [4.69, 9.17) is 4.74 Å². The predicted molar refractivity (Wildman–Crippen MR) is 104 cm³/mol. The zero-order valence-corrected chi connectivity index (χ0v) is 16.4. The van der Waals surface area contributed by atoms with Gasteiger partial charge in [-0.2, -0.15) is 5.10 Å². The van der Waals surface area contributed by atoms with Crippen LogP contribution >= 0.6 is 0 Å². The number of nitrogens with zero attached hydrogens (tertiary/aromatic N) is 5. The quantitative estimate of drug-likeness (QED) is 0.676. The number of rotatable bonds is 4. The largest absolute Gasteiger partial charge is 0.437 e. The summed E-state index contributed by atoms with van der Waals surface area (Å²) >= 11 is 0. The SMILES string of the molecule is Cc1nn(C)cc1C(=O)N1CCC(c2cncc(Oc3cccc(F)c3)n2)CC1. The van der Waals surface area contributed by atoms with Crippen LogP contribution in [0, 0.1) is 12.7 Å². The maximum absolute atomic E-state index is 13.3. The number of aryl methyl sites for hydroxylation is 2. The standard InChI is InChI=1S/C21H22FN5O2/c1-14-18(13-26(2)25-14)21(28)27-8-6-15(7-9-27)19-11-23-12-20(24-19)29-17-5-3-4-16(22)10-17/h3-5,10-13,15H,6-9H2,1-2H3. The fraction of sp³-hybridized carbons (Fsp3) is 0.333. The molecule has 3 heterocycles. The first-order valence-electron chi connectivity index (χ1n) is 9.54. The molecular weight excluding hydrogens is 373 g/mol. The van der Waals surface area contributed by atoms with Crippen molar-refractivity contribution < 1.29 is 13.9 Å². The average molecular weight is 395 g/mol. The molecule has 1 saturated heterocycles. The van der Waals surface area contributed by atoms with Crippen molar-refractivity contribution in [1.82, 2.24) is 24.6 Å². The van der Waals surface area contributed by atoms with Gasteiger partial charge in [0, 0.05) is 44.5 Å². The van der Waals surface area contributed by atoms with Gasteiger partial charge in [0.2, 0.25) is 5.88 Å². The maximum Gasteiger partial charge on any atom is 0.257 e. The highest BCUT2D eigenvalue weighted by atomic mass is 19.1. The molecule has 1 amide bonds. The molecule has 0 unspecified atom stereocenters. The molecule has 0 spiro atoms. The van der Waals surface area contributed by atoms with Crippen molar-refractivity contribution in [1.29, 1.82) is 0 Å². The van der Waals surface area contributed by atoms with Crippen molar-refractivity contribution in [2.45, 2.75) is 25.7 Å². The van der Waals surface area contributed by atoms with Crippen molar-refractivity contribution >= 4 is 5.91 Å². The number of carbonyl (C=O) groups is 1. The van der Waals surface area contributed by atoms with Gasteiger partial charge in [-0.1, -0.05) is 6.07 Å². The van der Waals surface area contributed by atoms with Crippen LogP contribution < -0.4 is 4.74 Å². The summed E-state index contributed by atoms with van der Waals surface area (Å²) < 4.78 is 20.6. The van der Waals surface area contributed by atoms with Gasteiger partial charge in [0.25, 0.3) is 5.91 Å². The smallest absolute Gasteiger partial charge is 0.257 e. The van der Waals surface area contributed by atoms with Crippen LogP contribution in [0.25, 0.3) is 0 Å². The molecule has 1 aliphatic heterocycles. The summed E-state index contributed by atoms with van der Waals surface area (Å²) in [6.07, 6.45) is 6.60. The lowest BCUT2D eigenvalue weighted by atomic mass is 9.93. The molecule has 1 aromatic carbocycles. The minimum Gasteiger partial charge on any atom is -0.437 e. The van der Waals surface area contributed by atoms with Crippen molar-refractivity contribution in [3.8, 4) is 11.6 Å². The minimum absolute atomic E-state index is 0.0170. The summed E-state index contributed by atoms with van der Waals surface area (Å²) in [5, 5.41) is 4.25. The number of ether oxygens (including phenoxy) is 1. The number of hydrogen-bond donors (Lipinski definition) is 0. The van der Waals surface area contributed by atoms with E-state index < -0.39 is 0 Å². The molecule has 7 nitrogen and oxygen atoms in total.